The van der Waals surface area contributed by atoms with Crippen molar-refractivity contribution in [1.82, 2.24) is 4.90 Å². The number of ether oxygens (including phenoxy) is 2. The van der Waals surface area contributed by atoms with Gasteiger partial charge in [0.15, 0.2) is 0 Å². The molecule has 4 nitrogen and oxygen atoms in total. The molecular weight excluding hydrogens is 218 g/mol. The first-order valence-corrected chi connectivity index (χ1v) is 6.71. The van der Waals surface area contributed by atoms with Crippen molar-refractivity contribution in [2.45, 2.75) is 45.6 Å². The van der Waals surface area contributed by atoms with Gasteiger partial charge in [0.05, 0.1) is 13.2 Å². The van der Waals surface area contributed by atoms with Crippen molar-refractivity contribution in [3.05, 3.63) is 0 Å². The summed E-state index contributed by atoms with van der Waals surface area (Å²) in [5, 5.41) is 0. The van der Waals surface area contributed by atoms with Gasteiger partial charge in [-0.15, -0.1) is 0 Å². The molecule has 0 N–H and O–H groups in total. The van der Waals surface area contributed by atoms with Crippen LogP contribution in [0.2, 0.25) is 0 Å². The largest absolute Gasteiger partial charge is 0.464 e. The number of esters is 1. The summed E-state index contributed by atoms with van der Waals surface area (Å²) in [4.78, 5) is 13.5. The van der Waals surface area contributed by atoms with Gasteiger partial charge in [-0.1, -0.05) is 12.8 Å². The summed E-state index contributed by atoms with van der Waals surface area (Å²) in [5.74, 6) is -0.267. The van der Waals surface area contributed by atoms with E-state index in [0.717, 1.165) is 13.1 Å². The number of carbonyl (C=O) groups excluding carboxylic acids is 1. The Balaban J connectivity index is 2.10. The minimum atomic E-state index is -0.267. The number of hydrogen-bond acceptors (Lipinski definition) is 4. The average molecular weight is 243 g/mol. The van der Waals surface area contributed by atoms with Crippen molar-refractivity contribution in [3.63, 3.8) is 0 Å². The van der Waals surface area contributed by atoms with Crippen molar-refractivity contribution < 1.29 is 14.3 Å². The number of hydrogen-bond donors (Lipinski definition) is 0. The Bertz CT molecular complexity index is 221. The van der Waals surface area contributed by atoms with Crippen LogP contribution in [0.1, 0.15) is 39.5 Å². The monoisotopic (exact) mass is 243 g/mol. The van der Waals surface area contributed by atoms with E-state index in [-0.39, 0.29) is 12.6 Å². The van der Waals surface area contributed by atoms with Gasteiger partial charge in [0.25, 0.3) is 0 Å². The molecule has 0 amide bonds. The molecule has 0 saturated carbocycles. The van der Waals surface area contributed by atoms with E-state index in [0.29, 0.717) is 19.3 Å². The van der Waals surface area contributed by atoms with Crippen LogP contribution in [0.4, 0.5) is 0 Å². The van der Waals surface area contributed by atoms with E-state index in [4.69, 9.17) is 9.47 Å². The highest BCUT2D eigenvalue weighted by Crippen LogP contribution is 2.15. The van der Waals surface area contributed by atoms with Gasteiger partial charge >= 0.3 is 5.97 Å². The Morgan fingerprint density at radius 1 is 1.35 bits per heavy atom. The second-order valence-electron chi connectivity index (χ2n) is 4.59. The highest BCUT2D eigenvalue weighted by atomic mass is 16.6. The molecule has 0 spiro atoms. The lowest BCUT2D eigenvalue weighted by atomic mass is 10.1. The van der Waals surface area contributed by atoms with Gasteiger partial charge in [-0.25, -0.2) is 4.79 Å². The molecule has 0 bridgehead atoms. The maximum atomic E-state index is 11.1. The first-order valence-electron chi connectivity index (χ1n) is 6.71. The van der Waals surface area contributed by atoms with Gasteiger partial charge in [0, 0.05) is 12.6 Å². The molecule has 1 atom stereocenters. The predicted molar refractivity (Wildman–Crippen MR) is 67.0 cm³/mol. The normalized spacial score (nSPS) is 22.1. The molecule has 1 rings (SSSR count). The van der Waals surface area contributed by atoms with Crippen molar-refractivity contribution in [2.75, 3.05) is 32.9 Å². The van der Waals surface area contributed by atoms with Crippen molar-refractivity contribution in [2.24, 2.45) is 0 Å². The third-order valence-corrected chi connectivity index (χ3v) is 3.24. The summed E-state index contributed by atoms with van der Waals surface area (Å²) in [6.07, 6.45) is 5.23. The predicted octanol–water partition coefficient (Wildman–Crippen LogP) is 1.83. The SMILES string of the molecule is CCOC(=O)COCCN1CCCCCC1C. The molecule has 1 fully saturated rings. The third kappa shape index (κ3) is 6.03. The van der Waals surface area contributed by atoms with Crippen LogP contribution in [0.25, 0.3) is 0 Å². The number of rotatable bonds is 6. The Hall–Kier alpha value is -0.610. The molecule has 1 aliphatic heterocycles. The maximum Gasteiger partial charge on any atom is 0.332 e. The van der Waals surface area contributed by atoms with Gasteiger partial charge in [-0.2, -0.15) is 0 Å². The average Bonchev–Trinajstić information content (AvgIpc) is 2.50. The van der Waals surface area contributed by atoms with Crippen molar-refractivity contribution >= 4 is 5.97 Å². The zero-order chi connectivity index (χ0) is 12.5. The summed E-state index contributed by atoms with van der Waals surface area (Å²) in [7, 11) is 0. The van der Waals surface area contributed by atoms with Crippen molar-refractivity contribution in [3.8, 4) is 0 Å². The Labute approximate surface area is 104 Å². The fraction of sp³-hybridized carbons (Fsp3) is 0.923. The van der Waals surface area contributed by atoms with Gasteiger partial charge in [0.2, 0.25) is 0 Å². The Morgan fingerprint density at radius 3 is 2.94 bits per heavy atom. The standard InChI is InChI=1S/C13H25NO3/c1-3-17-13(15)11-16-10-9-14-8-6-4-5-7-12(14)2/h12H,3-11H2,1-2H3. The van der Waals surface area contributed by atoms with Crippen LogP contribution in [-0.4, -0.2) is 49.8 Å². The molecular formula is C13H25NO3. The van der Waals surface area contributed by atoms with E-state index in [2.05, 4.69) is 11.8 Å². The lowest BCUT2D eigenvalue weighted by Crippen LogP contribution is -2.35. The van der Waals surface area contributed by atoms with Crippen molar-refractivity contribution in [1.29, 1.82) is 0 Å². The van der Waals surface area contributed by atoms with Crippen LogP contribution in [0.5, 0.6) is 0 Å². The minimum Gasteiger partial charge on any atom is -0.464 e. The first-order chi connectivity index (χ1) is 8.24. The second kappa shape index (κ2) is 8.48. The Morgan fingerprint density at radius 2 is 2.18 bits per heavy atom. The summed E-state index contributed by atoms with van der Waals surface area (Å²) >= 11 is 0. The van der Waals surface area contributed by atoms with Gasteiger partial charge in [-0.3, -0.25) is 4.90 Å². The molecule has 1 aliphatic rings. The fourth-order valence-electron chi connectivity index (χ4n) is 2.21. The summed E-state index contributed by atoms with van der Waals surface area (Å²) in [6.45, 7) is 7.27. The quantitative estimate of drug-likeness (QED) is 0.527. The van der Waals surface area contributed by atoms with E-state index in [1.807, 2.05) is 0 Å². The Kier molecular flexibility index (Phi) is 7.21. The minimum absolute atomic E-state index is 0.0794. The van der Waals surface area contributed by atoms with Gasteiger partial charge < -0.3 is 9.47 Å². The van der Waals surface area contributed by atoms with E-state index >= 15 is 0 Å². The fourth-order valence-corrected chi connectivity index (χ4v) is 2.21. The molecule has 0 radical (unpaired) electrons. The molecule has 0 aromatic rings. The highest BCUT2D eigenvalue weighted by Gasteiger charge is 2.16. The highest BCUT2D eigenvalue weighted by molar-refractivity contribution is 5.70. The maximum absolute atomic E-state index is 11.1. The molecule has 1 heterocycles. The first kappa shape index (κ1) is 14.5. The van der Waals surface area contributed by atoms with Gasteiger partial charge in [0.1, 0.15) is 6.61 Å². The van der Waals surface area contributed by atoms with Crippen LogP contribution in [0, 0.1) is 0 Å². The smallest absolute Gasteiger partial charge is 0.332 e. The zero-order valence-corrected chi connectivity index (χ0v) is 11.1. The summed E-state index contributed by atoms with van der Waals surface area (Å²) in [5.41, 5.74) is 0. The van der Waals surface area contributed by atoms with Crippen LogP contribution in [0.15, 0.2) is 0 Å². The van der Waals surface area contributed by atoms with E-state index in [9.17, 15) is 4.79 Å². The lowest BCUT2D eigenvalue weighted by Gasteiger charge is -2.26. The van der Waals surface area contributed by atoms with E-state index < -0.39 is 0 Å². The molecule has 1 unspecified atom stereocenters. The molecule has 100 valence electrons. The molecule has 0 aliphatic carbocycles. The number of carbonyl (C=O) groups is 1. The molecule has 0 aromatic heterocycles. The summed E-state index contributed by atoms with van der Waals surface area (Å²) in [6, 6.07) is 0.642. The molecule has 17 heavy (non-hydrogen) atoms. The number of likely N-dealkylation sites (tertiary alicyclic amines) is 1. The van der Waals surface area contributed by atoms with Crippen LogP contribution >= 0.6 is 0 Å². The van der Waals surface area contributed by atoms with Crippen LogP contribution < -0.4 is 0 Å². The van der Waals surface area contributed by atoms with Crippen LogP contribution in [-0.2, 0) is 14.3 Å². The molecule has 0 aromatic carbocycles. The number of nitrogens with zero attached hydrogens (tertiary/aromatic N) is 1. The lowest BCUT2D eigenvalue weighted by molar-refractivity contribution is -0.148. The zero-order valence-electron chi connectivity index (χ0n) is 11.1. The van der Waals surface area contributed by atoms with Crippen LogP contribution in [0.3, 0.4) is 0 Å². The molecule has 1 saturated heterocycles. The second-order valence-corrected chi connectivity index (χ2v) is 4.59. The van der Waals surface area contributed by atoms with Gasteiger partial charge in [-0.05, 0) is 33.2 Å². The third-order valence-electron chi connectivity index (χ3n) is 3.24. The van der Waals surface area contributed by atoms with E-state index in [1.54, 1.807) is 6.92 Å². The molecule has 4 heteroatoms. The van der Waals surface area contributed by atoms with E-state index in [1.165, 1.54) is 25.7 Å². The summed E-state index contributed by atoms with van der Waals surface area (Å²) < 4.78 is 10.1. The topological polar surface area (TPSA) is 38.8 Å².